The lowest BCUT2D eigenvalue weighted by molar-refractivity contribution is 0.0910. The Kier molecular flexibility index (Phi) is 3.11. The van der Waals surface area contributed by atoms with Gasteiger partial charge in [-0.15, -0.1) is 0 Å². The summed E-state index contributed by atoms with van der Waals surface area (Å²) in [7, 11) is 0. The Morgan fingerprint density at radius 2 is 2.00 bits per heavy atom. The van der Waals surface area contributed by atoms with Crippen LogP contribution in [0.4, 0.5) is 0 Å². The van der Waals surface area contributed by atoms with Gasteiger partial charge in [-0.1, -0.05) is 50.6 Å². The van der Waals surface area contributed by atoms with Crippen LogP contribution in [0.5, 0.6) is 0 Å². The van der Waals surface area contributed by atoms with Crippen molar-refractivity contribution in [3.63, 3.8) is 0 Å². The Morgan fingerprint density at radius 3 is 2.60 bits per heavy atom. The smallest absolute Gasteiger partial charge is 0.0599 e. The number of hydrogen-bond donors (Lipinski definition) is 1. The molecule has 0 aliphatic heterocycles. The normalized spacial score (nSPS) is 28.5. The van der Waals surface area contributed by atoms with Gasteiger partial charge in [0.15, 0.2) is 0 Å². The Bertz CT molecular complexity index is 306. The van der Waals surface area contributed by atoms with E-state index in [2.05, 4.69) is 38.1 Å². The summed E-state index contributed by atoms with van der Waals surface area (Å²) in [5.74, 6) is 1.54. The molecule has 0 radical (unpaired) electrons. The summed E-state index contributed by atoms with van der Waals surface area (Å²) in [6.45, 7) is 4.29. The fourth-order valence-electron chi connectivity index (χ4n) is 2.34. The zero-order chi connectivity index (χ0) is 10.8. The fraction of sp³-hybridized carbons (Fsp3) is 0.571. The van der Waals surface area contributed by atoms with Gasteiger partial charge in [0.05, 0.1) is 6.10 Å². The standard InChI is InChI=1S/C14H20O/c1-3-10(2)14(15)13-9-12(13)11-7-5-4-6-8-11/h4-8,10,12-15H,3,9H2,1-2H3. The summed E-state index contributed by atoms with van der Waals surface area (Å²) < 4.78 is 0. The maximum absolute atomic E-state index is 10.1. The predicted molar refractivity (Wildman–Crippen MR) is 62.8 cm³/mol. The molecular formula is C14H20O. The van der Waals surface area contributed by atoms with Gasteiger partial charge in [-0.2, -0.15) is 0 Å². The second kappa shape index (κ2) is 4.36. The first-order chi connectivity index (χ1) is 7.24. The van der Waals surface area contributed by atoms with Crippen LogP contribution in [0, 0.1) is 11.8 Å². The van der Waals surface area contributed by atoms with Crippen molar-refractivity contribution in [1.29, 1.82) is 0 Å². The SMILES string of the molecule is CCC(C)C(O)C1CC1c1ccccc1. The molecule has 1 saturated carbocycles. The van der Waals surface area contributed by atoms with E-state index in [1.165, 1.54) is 5.56 Å². The predicted octanol–water partition coefficient (Wildman–Crippen LogP) is 3.20. The molecule has 1 aromatic rings. The van der Waals surface area contributed by atoms with Crippen LogP contribution >= 0.6 is 0 Å². The van der Waals surface area contributed by atoms with Crippen LogP contribution in [-0.2, 0) is 0 Å². The topological polar surface area (TPSA) is 20.2 Å². The minimum Gasteiger partial charge on any atom is -0.393 e. The van der Waals surface area contributed by atoms with Crippen LogP contribution in [0.3, 0.4) is 0 Å². The molecule has 1 fully saturated rings. The van der Waals surface area contributed by atoms with E-state index in [1.807, 2.05) is 6.07 Å². The number of aliphatic hydroxyl groups excluding tert-OH is 1. The Labute approximate surface area is 92.1 Å². The van der Waals surface area contributed by atoms with Crippen molar-refractivity contribution in [3.8, 4) is 0 Å². The quantitative estimate of drug-likeness (QED) is 0.798. The van der Waals surface area contributed by atoms with Crippen molar-refractivity contribution >= 4 is 0 Å². The van der Waals surface area contributed by atoms with E-state index in [0.717, 1.165) is 12.8 Å². The molecule has 4 atom stereocenters. The summed E-state index contributed by atoms with van der Waals surface area (Å²) in [5.41, 5.74) is 1.39. The molecule has 82 valence electrons. The van der Waals surface area contributed by atoms with Gasteiger partial charge in [0.25, 0.3) is 0 Å². The molecule has 0 saturated heterocycles. The number of benzene rings is 1. The maximum atomic E-state index is 10.1. The third-order valence-electron chi connectivity index (χ3n) is 3.73. The van der Waals surface area contributed by atoms with E-state index in [-0.39, 0.29) is 6.10 Å². The van der Waals surface area contributed by atoms with E-state index in [0.29, 0.717) is 17.8 Å². The van der Waals surface area contributed by atoms with Crippen LogP contribution in [0.15, 0.2) is 30.3 Å². The molecule has 4 unspecified atom stereocenters. The fourth-order valence-corrected chi connectivity index (χ4v) is 2.34. The van der Waals surface area contributed by atoms with Crippen molar-refractivity contribution in [2.45, 2.75) is 38.7 Å². The van der Waals surface area contributed by atoms with E-state index in [1.54, 1.807) is 0 Å². The van der Waals surface area contributed by atoms with E-state index >= 15 is 0 Å². The molecular weight excluding hydrogens is 184 g/mol. The average Bonchev–Trinajstić information content (AvgIpc) is 3.08. The highest BCUT2D eigenvalue weighted by atomic mass is 16.3. The van der Waals surface area contributed by atoms with E-state index in [4.69, 9.17) is 0 Å². The lowest BCUT2D eigenvalue weighted by Crippen LogP contribution is -2.19. The molecule has 1 aliphatic rings. The molecule has 1 aliphatic carbocycles. The van der Waals surface area contributed by atoms with Crippen LogP contribution in [-0.4, -0.2) is 11.2 Å². The molecule has 0 heterocycles. The number of aliphatic hydroxyl groups is 1. The summed E-state index contributed by atoms with van der Waals surface area (Å²) in [5, 5.41) is 10.1. The van der Waals surface area contributed by atoms with Gasteiger partial charge >= 0.3 is 0 Å². The van der Waals surface area contributed by atoms with Crippen LogP contribution in [0.2, 0.25) is 0 Å². The van der Waals surface area contributed by atoms with Crippen LogP contribution in [0.1, 0.15) is 38.2 Å². The van der Waals surface area contributed by atoms with Gasteiger partial charge in [0, 0.05) is 0 Å². The summed E-state index contributed by atoms with van der Waals surface area (Å²) >= 11 is 0. The molecule has 1 aromatic carbocycles. The van der Waals surface area contributed by atoms with Crippen molar-refractivity contribution in [3.05, 3.63) is 35.9 Å². The van der Waals surface area contributed by atoms with Gasteiger partial charge in [-0.3, -0.25) is 0 Å². The summed E-state index contributed by atoms with van der Waals surface area (Å²) in [6.07, 6.45) is 2.12. The highest BCUT2D eigenvalue weighted by Crippen LogP contribution is 2.51. The molecule has 2 rings (SSSR count). The number of hydrogen-bond acceptors (Lipinski definition) is 1. The second-order valence-electron chi connectivity index (χ2n) is 4.79. The van der Waals surface area contributed by atoms with Gasteiger partial charge in [0.1, 0.15) is 0 Å². The molecule has 0 aromatic heterocycles. The molecule has 1 nitrogen and oxygen atoms in total. The average molecular weight is 204 g/mol. The molecule has 1 N–H and O–H groups in total. The zero-order valence-corrected chi connectivity index (χ0v) is 9.56. The van der Waals surface area contributed by atoms with Crippen molar-refractivity contribution in [2.24, 2.45) is 11.8 Å². The van der Waals surface area contributed by atoms with Crippen LogP contribution < -0.4 is 0 Å². The van der Waals surface area contributed by atoms with Gasteiger partial charge in [0.2, 0.25) is 0 Å². The van der Waals surface area contributed by atoms with Crippen molar-refractivity contribution in [2.75, 3.05) is 0 Å². The first kappa shape index (κ1) is 10.7. The zero-order valence-electron chi connectivity index (χ0n) is 9.56. The van der Waals surface area contributed by atoms with E-state index in [9.17, 15) is 5.11 Å². The Hall–Kier alpha value is -0.820. The second-order valence-corrected chi connectivity index (χ2v) is 4.79. The molecule has 0 bridgehead atoms. The lowest BCUT2D eigenvalue weighted by Gasteiger charge is -2.17. The molecule has 0 amide bonds. The highest BCUT2D eigenvalue weighted by Gasteiger charge is 2.44. The lowest BCUT2D eigenvalue weighted by atomic mass is 9.96. The minimum absolute atomic E-state index is 0.111. The Morgan fingerprint density at radius 1 is 1.33 bits per heavy atom. The van der Waals surface area contributed by atoms with Gasteiger partial charge < -0.3 is 5.11 Å². The highest BCUT2D eigenvalue weighted by molar-refractivity contribution is 5.26. The van der Waals surface area contributed by atoms with Gasteiger partial charge in [-0.05, 0) is 29.7 Å². The van der Waals surface area contributed by atoms with Crippen LogP contribution in [0.25, 0.3) is 0 Å². The third-order valence-corrected chi connectivity index (χ3v) is 3.73. The minimum atomic E-state index is -0.111. The summed E-state index contributed by atoms with van der Waals surface area (Å²) in [6, 6.07) is 10.6. The maximum Gasteiger partial charge on any atom is 0.0599 e. The summed E-state index contributed by atoms with van der Waals surface area (Å²) in [4.78, 5) is 0. The molecule has 15 heavy (non-hydrogen) atoms. The monoisotopic (exact) mass is 204 g/mol. The van der Waals surface area contributed by atoms with Gasteiger partial charge in [-0.25, -0.2) is 0 Å². The van der Waals surface area contributed by atoms with Crippen molar-refractivity contribution in [1.82, 2.24) is 0 Å². The largest absolute Gasteiger partial charge is 0.393 e. The van der Waals surface area contributed by atoms with E-state index < -0.39 is 0 Å². The van der Waals surface area contributed by atoms with Crippen molar-refractivity contribution < 1.29 is 5.11 Å². The first-order valence-electron chi connectivity index (χ1n) is 5.97. The third kappa shape index (κ3) is 2.23. The molecule has 1 heteroatoms. The number of rotatable bonds is 4. The molecule has 0 spiro atoms. The first-order valence-corrected chi connectivity index (χ1v) is 5.97. The Balaban J connectivity index is 1.96.